The molecule has 0 aromatic carbocycles. The molecule has 0 aliphatic heterocycles. The first-order valence-corrected chi connectivity index (χ1v) is 5.10. The molecule has 2 atom stereocenters. The fraction of sp³-hybridized carbons (Fsp3) is 1.00. The van der Waals surface area contributed by atoms with Crippen LogP contribution in [0.3, 0.4) is 0 Å². The highest BCUT2D eigenvalue weighted by atomic mass is 16.3. The van der Waals surface area contributed by atoms with E-state index in [0.717, 1.165) is 12.8 Å². The predicted molar refractivity (Wildman–Crippen MR) is 48.9 cm³/mol. The van der Waals surface area contributed by atoms with Crippen LogP contribution < -0.4 is 0 Å². The standard InChI is InChI=1S/C10H20O2/c11-7-3-6-9-4-1-2-5-10(9)8-12/h9-12H,1-8H2. The van der Waals surface area contributed by atoms with Crippen LogP contribution >= 0.6 is 0 Å². The maximum Gasteiger partial charge on any atom is 0.0461 e. The summed E-state index contributed by atoms with van der Waals surface area (Å²) in [6.07, 6.45) is 7.04. The van der Waals surface area contributed by atoms with Crippen molar-refractivity contribution in [2.75, 3.05) is 13.2 Å². The fourth-order valence-electron chi connectivity index (χ4n) is 2.26. The van der Waals surface area contributed by atoms with Gasteiger partial charge in [-0.15, -0.1) is 0 Å². The van der Waals surface area contributed by atoms with E-state index in [1.807, 2.05) is 0 Å². The van der Waals surface area contributed by atoms with Crippen molar-refractivity contribution in [3.05, 3.63) is 0 Å². The summed E-state index contributed by atoms with van der Waals surface area (Å²) in [7, 11) is 0. The summed E-state index contributed by atoms with van der Waals surface area (Å²) in [5.74, 6) is 1.20. The van der Waals surface area contributed by atoms with Crippen LogP contribution in [0.4, 0.5) is 0 Å². The Bertz CT molecular complexity index is 114. The molecule has 72 valence electrons. The molecule has 0 heterocycles. The average molecular weight is 172 g/mol. The van der Waals surface area contributed by atoms with Crippen LogP contribution in [-0.2, 0) is 0 Å². The Kier molecular flexibility index (Phi) is 4.62. The van der Waals surface area contributed by atoms with Crippen molar-refractivity contribution < 1.29 is 10.2 Å². The van der Waals surface area contributed by atoms with Gasteiger partial charge in [0.25, 0.3) is 0 Å². The molecule has 1 saturated carbocycles. The van der Waals surface area contributed by atoms with Crippen molar-refractivity contribution in [1.29, 1.82) is 0 Å². The van der Waals surface area contributed by atoms with E-state index in [2.05, 4.69) is 0 Å². The minimum absolute atomic E-state index is 0.300. The molecule has 2 heteroatoms. The highest BCUT2D eigenvalue weighted by molar-refractivity contribution is 4.74. The van der Waals surface area contributed by atoms with Gasteiger partial charge in [0.1, 0.15) is 0 Å². The molecule has 0 spiro atoms. The zero-order valence-electron chi connectivity index (χ0n) is 7.71. The molecule has 1 aliphatic carbocycles. The van der Waals surface area contributed by atoms with Crippen molar-refractivity contribution in [3.63, 3.8) is 0 Å². The number of aliphatic hydroxyl groups is 2. The maximum absolute atomic E-state index is 9.10. The van der Waals surface area contributed by atoms with Gasteiger partial charge in [-0.1, -0.05) is 19.3 Å². The van der Waals surface area contributed by atoms with Crippen LogP contribution in [-0.4, -0.2) is 23.4 Å². The molecule has 2 nitrogen and oxygen atoms in total. The Morgan fingerprint density at radius 3 is 2.25 bits per heavy atom. The molecule has 0 saturated heterocycles. The number of rotatable bonds is 4. The molecular weight excluding hydrogens is 152 g/mol. The topological polar surface area (TPSA) is 40.5 Å². The predicted octanol–water partition coefficient (Wildman–Crippen LogP) is 1.56. The SMILES string of the molecule is OCCCC1CCCCC1CO. The van der Waals surface area contributed by atoms with Gasteiger partial charge in [-0.05, 0) is 31.1 Å². The van der Waals surface area contributed by atoms with Gasteiger partial charge in [0.15, 0.2) is 0 Å². The summed E-state index contributed by atoms with van der Waals surface area (Å²) < 4.78 is 0. The van der Waals surface area contributed by atoms with Gasteiger partial charge in [0, 0.05) is 13.2 Å². The highest BCUT2D eigenvalue weighted by Gasteiger charge is 2.23. The Balaban J connectivity index is 2.26. The Hall–Kier alpha value is -0.0800. The van der Waals surface area contributed by atoms with E-state index >= 15 is 0 Å². The Morgan fingerprint density at radius 1 is 1.00 bits per heavy atom. The maximum atomic E-state index is 9.10. The first kappa shape index (κ1) is 10.0. The molecule has 1 fully saturated rings. The number of aliphatic hydroxyl groups excluding tert-OH is 2. The Labute approximate surface area is 74.6 Å². The van der Waals surface area contributed by atoms with E-state index in [0.29, 0.717) is 25.0 Å². The van der Waals surface area contributed by atoms with Crippen LogP contribution in [0.2, 0.25) is 0 Å². The second-order valence-corrected chi connectivity index (χ2v) is 3.85. The van der Waals surface area contributed by atoms with Crippen LogP contribution in [0, 0.1) is 11.8 Å². The van der Waals surface area contributed by atoms with Crippen molar-refractivity contribution in [3.8, 4) is 0 Å². The molecule has 12 heavy (non-hydrogen) atoms. The zero-order valence-corrected chi connectivity index (χ0v) is 7.71. The lowest BCUT2D eigenvalue weighted by atomic mass is 9.77. The lowest BCUT2D eigenvalue weighted by molar-refractivity contribution is 0.122. The van der Waals surface area contributed by atoms with E-state index in [9.17, 15) is 0 Å². The van der Waals surface area contributed by atoms with Gasteiger partial charge in [0.05, 0.1) is 0 Å². The summed E-state index contributed by atoms with van der Waals surface area (Å²) in [6, 6.07) is 0. The number of hydrogen-bond acceptors (Lipinski definition) is 2. The quantitative estimate of drug-likeness (QED) is 0.675. The van der Waals surface area contributed by atoms with Crippen molar-refractivity contribution >= 4 is 0 Å². The third-order valence-electron chi connectivity index (χ3n) is 3.03. The van der Waals surface area contributed by atoms with E-state index in [4.69, 9.17) is 10.2 Å². The second-order valence-electron chi connectivity index (χ2n) is 3.85. The third-order valence-corrected chi connectivity index (χ3v) is 3.03. The highest BCUT2D eigenvalue weighted by Crippen LogP contribution is 2.32. The van der Waals surface area contributed by atoms with Gasteiger partial charge in [-0.25, -0.2) is 0 Å². The van der Waals surface area contributed by atoms with Gasteiger partial charge >= 0.3 is 0 Å². The fourth-order valence-corrected chi connectivity index (χ4v) is 2.26. The van der Waals surface area contributed by atoms with E-state index in [1.165, 1.54) is 25.7 Å². The summed E-state index contributed by atoms with van der Waals surface area (Å²) in [5.41, 5.74) is 0. The molecule has 0 amide bonds. The monoisotopic (exact) mass is 172 g/mol. The smallest absolute Gasteiger partial charge is 0.0461 e. The van der Waals surface area contributed by atoms with Crippen LogP contribution in [0.1, 0.15) is 38.5 Å². The molecule has 0 bridgehead atoms. The summed E-state index contributed by atoms with van der Waals surface area (Å²) in [5, 5.41) is 17.8. The lowest BCUT2D eigenvalue weighted by Gasteiger charge is -2.29. The van der Waals surface area contributed by atoms with Crippen LogP contribution in [0.5, 0.6) is 0 Å². The van der Waals surface area contributed by atoms with Gasteiger partial charge in [-0.3, -0.25) is 0 Å². The third kappa shape index (κ3) is 2.76. The lowest BCUT2D eigenvalue weighted by Crippen LogP contribution is -2.22. The second kappa shape index (κ2) is 5.55. The molecule has 1 rings (SSSR count). The largest absolute Gasteiger partial charge is 0.396 e. The Morgan fingerprint density at radius 2 is 1.67 bits per heavy atom. The first-order chi connectivity index (χ1) is 5.88. The van der Waals surface area contributed by atoms with E-state index in [-0.39, 0.29) is 0 Å². The van der Waals surface area contributed by atoms with Crippen LogP contribution in [0.25, 0.3) is 0 Å². The van der Waals surface area contributed by atoms with Gasteiger partial charge < -0.3 is 10.2 Å². The minimum atomic E-state index is 0.300. The minimum Gasteiger partial charge on any atom is -0.396 e. The summed E-state index contributed by atoms with van der Waals surface area (Å²) in [4.78, 5) is 0. The van der Waals surface area contributed by atoms with Crippen molar-refractivity contribution in [2.24, 2.45) is 11.8 Å². The van der Waals surface area contributed by atoms with Crippen LogP contribution in [0.15, 0.2) is 0 Å². The van der Waals surface area contributed by atoms with E-state index < -0.39 is 0 Å². The van der Waals surface area contributed by atoms with Gasteiger partial charge in [-0.2, -0.15) is 0 Å². The zero-order chi connectivity index (χ0) is 8.81. The van der Waals surface area contributed by atoms with Gasteiger partial charge in [0.2, 0.25) is 0 Å². The number of hydrogen-bond donors (Lipinski definition) is 2. The first-order valence-electron chi connectivity index (χ1n) is 5.10. The van der Waals surface area contributed by atoms with E-state index in [1.54, 1.807) is 0 Å². The molecule has 0 radical (unpaired) electrons. The molecule has 2 N–H and O–H groups in total. The average Bonchev–Trinajstić information content (AvgIpc) is 2.15. The summed E-state index contributed by atoms with van der Waals surface area (Å²) in [6.45, 7) is 0.644. The summed E-state index contributed by atoms with van der Waals surface area (Å²) >= 11 is 0. The molecule has 0 aromatic rings. The normalized spacial score (nSPS) is 30.5. The molecular formula is C10H20O2. The van der Waals surface area contributed by atoms with Crippen molar-refractivity contribution in [1.82, 2.24) is 0 Å². The molecule has 0 aromatic heterocycles. The molecule has 1 aliphatic rings. The molecule has 2 unspecified atom stereocenters. The van der Waals surface area contributed by atoms with Crippen molar-refractivity contribution in [2.45, 2.75) is 38.5 Å².